The number of ether oxygens (including phenoxy) is 1. The third-order valence-corrected chi connectivity index (χ3v) is 8.93. The molecule has 1 aromatic heterocycles. The molecule has 0 saturated carbocycles. The Morgan fingerprint density at radius 3 is 2.40 bits per heavy atom. The van der Waals surface area contributed by atoms with Crippen LogP contribution in [0.2, 0.25) is 5.15 Å². The van der Waals surface area contributed by atoms with Crippen LogP contribution in [0, 0.1) is 13.8 Å². The topological polar surface area (TPSA) is 136 Å². The van der Waals surface area contributed by atoms with Crippen LogP contribution in [0.15, 0.2) is 64.6 Å². The van der Waals surface area contributed by atoms with Crippen LogP contribution in [-0.2, 0) is 38.5 Å². The number of aryl methyl sites for hydroxylation is 2. The average Bonchev–Trinajstić information content (AvgIpc) is 3.14. The lowest BCUT2D eigenvalue weighted by atomic mass is 9.70. The van der Waals surface area contributed by atoms with Gasteiger partial charge in [0.1, 0.15) is 22.9 Å². The second-order valence-corrected chi connectivity index (χ2v) is 12.3. The summed E-state index contributed by atoms with van der Waals surface area (Å²) in [5.74, 6) is -2.07. The number of hydrogen-bond acceptors (Lipinski definition) is 6. The molecule has 0 fully saturated rings. The maximum atomic E-state index is 12.8. The van der Waals surface area contributed by atoms with E-state index in [4.69, 9.17) is 16.3 Å². The largest absolute Gasteiger partial charge is 0.489 e. The Morgan fingerprint density at radius 2 is 1.85 bits per heavy atom. The molecule has 1 unspecified atom stereocenters. The molecule has 0 aliphatic heterocycles. The van der Waals surface area contributed by atoms with Gasteiger partial charge in [-0.3, -0.25) is 9.48 Å². The summed E-state index contributed by atoms with van der Waals surface area (Å²) in [6, 6.07) is 9.78. The number of nitrogens with zero attached hydrogens (tertiary/aromatic N) is 2. The van der Waals surface area contributed by atoms with E-state index in [1.54, 1.807) is 24.7 Å². The number of aliphatic carboxylic acids is 2. The molecule has 0 spiro atoms. The molecule has 11 heteroatoms. The molecule has 4 rings (SSSR count). The van der Waals surface area contributed by atoms with Gasteiger partial charge in [0.05, 0.1) is 10.6 Å². The van der Waals surface area contributed by atoms with E-state index in [1.807, 2.05) is 26.0 Å². The van der Waals surface area contributed by atoms with Gasteiger partial charge in [-0.25, -0.2) is 13.2 Å². The molecule has 1 heterocycles. The third-order valence-electron chi connectivity index (χ3n) is 7.22. The lowest BCUT2D eigenvalue weighted by Gasteiger charge is -2.32. The summed E-state index contributed by atoms with van der Waals surface area (Å²) in [5.41, 5.74) is 1.98. The molecular formula is C29H29ClN2O7S. The second kappa shape index (κ2) is 10.6. The number of aromatic nitrogens is 2. The van der Waals surface area contributed by atoms with Gasteiger partial charge in [0, 0.05) is 42.0 Å². The van der Waals surface area contributed by atoms with E-state index in [1.165, 1.54) is 30.4 Å². The summed E-state index contributed by atoms with van der Waals surface area (Å²) in [7, 11) is -2.05. The van der Waals surface area contributed by atoms with Gasteiger partial charge < -0.3 is 14.9 Å². The van der Waals surface area contributed by atoms with Crippen molar-refractivity contribution in [2.45, 2.75) is 44.1 Å². The Kier molecular flexibility index (Phi) is 7.70. The van der Waals surface area contributed by atoms with Crippen molar-refractivity contribution in [1.82, 2.24) is 9.78 Å². The zero-order valence-electron chi connectivity index (χ0n) is 22.6. The van der Waals surface area contributed by atoms with Gasteiger partial charge in [-0.15, -0.1) is 0 Å². The van der Waals surface area contributed by atoms with Crippen molar-refractivity contribution in [1.29, 1.82) is 0 Å². The normalized spacial score (nSPS) is 17.2. The summed E-state index contributed by atoms with van der Waals surface area (Å²) < 4.78 is 33.3. The quantitative estimate of drug-likeness (QED) is 0.376. The van der Waals surface area contributed by atoms with Crippen LogP contribution in [0.3, 0.4) is 0 Å². The molecule has 0 amide bonds. The zero-order chi connectivity index (χ0) is 29.6. The zero-order valence-corrected chi connectivity index (χ0v) is 24.2. The van der Waals surface area contributed by atoms with Crippen LogP contribution >= 0.6 is 11.6 Å². The van der Waals surface area contributed by atoms with Gasteiger partial charge in [0.25, 0.3) is 0 Å². The standard InChI is InChI=1S/C29H29ClN2O7S/c1-16-11-12-29(28(35)36,14-20(16)27(33)34)22-7-6-8-24(40(5,37)38)21(22)15-39-23-10-9-19(13-17(23)2)25-18(3)26(30)32(4)31-25/h6-13H,14-15H2,1-5H3,(H,33,34)(H,35,36). The number of allylic oxidation sites excluding steroid dienone is 2. The molecule has 0 bridgehead atoms. The first-order chi connectivity index (χ1) is 18.7. The summed E-state index contributed by atoms with van der Waals surface area (Å²) >= 11 is 6.28. The minimum Gasteiger partial charge on any atom is -0.489 e. The molecule has 40 heavy (non-hydrogen) atoms. The Labute approximate surface area is 237 Å². The molecule has 0 saturated heterocycles. The fourth-order valence-corrected chi connectivity index (χ4v) is 6.08. The number of rotatable bonds is 8. The number of carboxylic acids is 2. The van der Waals surface area contributed by atoms with Crippen LogP contribution < -0.4 is 4.74 Å². The number of halogens is 1. The van der Waals surface area contributed by atoms with Crippen LogP contribution in [-0.4, -0.2) is 46.6 Å². The van der Waals surface area contributed by atoms with Gasteiger partial charge in [-0.2, -0.15) is 5.10 Å². The minimum absolute atomic E-state index is 0.0575. The van der Waals surface area contributed by atoms with Crippen molar-refractivity contribution in [2.75, 3.05) is 6.26 Å². The molecule has 1 atom stereocenters. The third kappa shape index (κ3) is 5.16. The van der Waals surface area contributed by atoms with Gasteiger partial charge >= 0.3 is 11.9 Å². The second-order valence-electron chi connectivity index (χ2n) is 9.96. The molecule has 2 N–H and O–H groups in total. The van der Waals surface area contributed by atoms with Crippen LogP contribution in [0.5, 0.6) is 5.75 Å². The maximum Gasteiger partial charge on any atom is 0.331 e. The van der Waals surface area contributed by atoms with Gasteiger partial charge in [-0.05, 0) is 61.7 Å². The van der Waals surface area contributed by atoms with Gasteiger partial charge in [0.15, 0.2) is 9.84 Å². The Hall–Kier alpha value is -3.89. The monoisotopic (exact) mass is 584 g/mol. The van der Waals surface area contributed by atoms with Crippen molar-refractivity contribution in [3.63, 3.8) is 0 Å². The van der Waals surface area contributed by atoms with E-state index in [0.717, 1.165) is 28.6 Å². The van der Waals surface area contributed by atoms with E-state index in [9.17, 15) is 28.2 Å². The van der Waals surface area contributed by atoms with Crippen molar-refractivity contribution < 1.29 is 33.0 Å². The van der Waals surface area contributed by atoms with E-state index in [0.29, 0.717) is 16.5 Å². The summed E-state index contributed by atoms with van der Waals surface area (Å²) in [6.07, 6.45) is 3.56. The molecule has 210 valence electrons. The highest BCUT2D eigenvalue weighted by Crippen LogP contribution is 2.42. The smallest absolute Gasteiger partial charge is 0.331 e. The van der Waals surface area contributed by atoms with Crippen molar-refractivity contribution in [2.24, 2.45) is 7.05 Å². The number of carbonyl (C=O) groups is 2. The van der Waals surface area contributed by atoms with Crippen molar-refractivity contribution >= 4 is 33.4 Å². The van der Waals surface area contributed by atoms with Crippen LogP contribution in [0.1, 0.15) is 35.6 Å². The highest BCUT2D eigenvalue weighted by atomic mass is 35.5. The Bertz CT molecular complexity index is 1720. The highest BCUT2D eigenvalue weighted by Gasteiger charge is 2.44. The predicted octanol–water partition coefficient (Wildman–Crippen LogP) is 5.02. The fraction of sp³-hybridized carbons (Fsp3) is 0.276. The van der Waals surface area contributed by atoms with Gasteiger partial charge in [-0.1, -0.05) is 35.9 Å². The first kappa shape index (κ1) is 29.1. The molecule has 2 aromatic carbocycles. The molecule has 3 aromatic rings. The summed E-state index contributed by atoms with van der Waals surface area (Å²) in [5, 5.41) is 25.1. The molecule has 0 radical (unpaired) electrons. The first-order valence-corrected chi connectivity index (χ1v) is 14.6. The minimum atomic E-state index is -3.80. The number of hydrogen-bond donors (Lipinski definition) is 2. The van der Waals surface area contributed by atoms with E-state index in [-0.39, 0.29) is 34.6 Å². The molecular weight excluding hydrogens is 556 g/mol. The predicted molar refractivity (Wildman–Crippen MR) is 150 cm³/mol. The number of carboxylic acid groups (broad SMARTS) is 2. The average molecular weight is 585 g/mol. The summed E-state index contributed by atoms with van der Waals surface area (Å²) in [4.78, 5) is 24.6. The van der Waals surface area contributed by atoms with E-state index >= 15 is 0 Å². The number of sulfone groups is 1. The maximum absolute atomic E-state index is 12.8. The van der Waals surface area contributed by atoms with Crippen molar-refractivity contribution in [3.8, 4) is 17.0 Å². The van der Waals surface area contributed by atoms with Crippen molar-refractivity contribution in [3.05, 3.63) is 87.1 Å². The van der Waals surface area contributed by atoms with E-state index < -0.39 is 27.2 Å². The number of benzene rings is 2. The van der Waals surface area contributed by atoms with Crippen LogP contribution in [0.25, 0.3) is 11.3 Å². The van der Waals surface area contributed by atoms with Crippen LogP contribution in [0.4, 0.5) is 0 Å². The Balaban J connectivity index is 1.78. The molecule has 9 nitrogen and oxygen atoms in total. The fourth-order valence-electron chi connectivity index (χ4n) is 5.01. The lowest BCUT2D eigenvalue weighted by Crippen LogP contribution is -2.38. The first-order valence-electron chi connectivity index (χ1n) is 12.3. The summed E-state index contributed by atoms with van der Waals surface area (Å²) in [6.45, 7) is 5.03. The molecule has 1 aliphatic rings. The lowest BCUT2D eigenvalue weighted by molar-refractivity contribution is -0.142. The highest BCUT2D eigenvalue weighted by molar-refractivity contribution is 7.90. The van der Waals surface area contributed by atoms with Gasteiger partial charge in [0.2, 0.25) is 0 Å². The Morgan fingerprint density at radius 1 is 1.15 bits per heavy atom. The molecule has 1 aliphatic carbocycles. The van der Waals surface area contributed by atoms with E-state index in [2.05, 4.69) is 5.10 Å². The SMILES string of the molecule is CC1=C(C(=O)O)CC(C(=O)O)(c2cccc(S(C)(=O)=O)c2COc2ccc(-c3nn(C)c(Cl)c3C)cc2C)C=C1.